The van der Waals surface area contributed by atoms with E-state index in [1.807, 2.05) is 73.8 Å². The van der Waals surface area contributed by atoms with Gasteiger partial charge in [0.1, 0.15) is 11.8 Å². The van der Waals surface area contributed by atoms with Crippen LogP contribution < -0.4 is 14.9 Å². The zero-order chi connectivity index (χ0) is 28.5. The Morgan fingerprint density at radius 1 is 1.10 bits per heavy atom. The number of hydrogen-bond donors (Lipinski definition) is 0. The summed E-state index contributed by atoms with van der Waals surface area (Å²) in [4.78, 5) is 42.4. The maximum absolute atomic E-state index is 13.9. The number of carbonyl (C=O) groups excluding carboxylic acids is 1. The fraction of sp³-hybridized carbons (Fsp3) is 0.167. The Balaban J connectivity index is 1.47. The molecule has 41 heavy (non-hydrogen) atoms. The molecule has 0 saturated heterocycles. The predicted octanol–water partition coefficient (Wildman–Crippen LogP) is 5.15. The first-order valence-electron chi connectivity index (χ1n) is 12.8. The molecule has 8 nitrogen and oxygen atoms in total. The minimum absolute atomic E-state index is 0.206. The van der Waals surface area contributed by atoms with E-state index in [-0.39, 0.29) is 12.2 Å². The van der Waals surface area contributed by atoms with Gasteiger partial charge in [-0.15, -0.1) is 11.3 Å². The van der Waals surface area contributed by atoms with Gasteiger partial charge in [-0.25, -0.2) is 19.8 Å². The van der Waals surface area contributed by atoms with Gasteiger partial charge in [0.25, 0.3) is 5.56 Å². The zero-order valence-electron chi connectivity index (χ0n) is 22.4. The lowest BCUT2D eigenvalue weighted by atomic mass is 9.97. The second-order valence-electron chi connectivity index (χ2n) is 9.14. The van der Waals surface area contributed by atoms with Gasteiger partial charge >= 0.3 is 5.97 Å². The maximum Gasteiger partial charge on any atom is 0.338 e. The highest BCUT2D eigenvalue weighted by Crippen LogP contribution is 2.37. The highest BCUT2D eigenvalue weighted by atomic mass is 32.2. The number of hydrogen-bond acceptors (Lipinski definition) is 10. The molecule has 11 heteroatoms. The molecule has 0 fully saturated rings. The van der Waals surface area contributed by atoms with E-state index in [0.29, 0.717) is 36.6 Å². The van der Waals surface area contributed by atoms with Gasteiger partial charge in [0, 0.05) is 27.9 Å². The van der Waals surface area contributed by atoms with E-state index in [9.17, 15) is 9.59 Å². The molecule has 0 amide bonds. The molecule has 0 aliphatic carbocycles. The molecule has 0 radical (unpaired) electrons. The van der Waals surface area contributed by atoms with Gasteiger partial charge in [0.15, 0.2) is 15.1 Å². The van der Waals surface area contributed by atoms with Crippen LogP contribution in [-0.2, 0) is 9.53 Å². The third-order valence-corrected chi connectivity index (χ3v) is 8.91. The molecular weight excluding hydrogens is 577 g/mol. The number of thiophene rings is 1. The molecule has 1 atom stereocenters. The third-order valence-electron chi connectivity index (χ3n) is 6.22. The fourth-order valence-corrected chi connectivity index (χ4v) is 7.22. The van der Waals surface area contributed by atoms with Crippen LogP contribution in [0.3, 0.4) is 0 Å². The number of thiazole rings is 1. The fourth-order valence-electron chi connectivity index (χ4n) is 4.58. The second-order valence-corrected chi connectivity index (χ2v) is 12.1. The molecule has 0 unspecified atom stereocenters. The smallest absolute Gasteiger partial charge is 0.338 e. The molecule has 0 spiro atoms. The van der Waals surface area contributed by atoms with Crippen LogP contribution in [0, 0.1) is 13.8 Å². The van der Waals surface area contributed by atoms with Gasteiger partial charge in [-0.3, -0.25) is 9.36 Å². The Bertz CT molecular complexity index is 1930. The number of ether oxygens (including phenoxy) is 1. The molecule has 0 N–H and O–H groups in total. The highest BCUT2D eigenvalue weighted by Gasteiger charge is 2.35. The summed E-state index contributed by atoms with van der Waals surface area (Å²) in [6.45, 7) is 5.81. The van der Waals surface area contributed by atoms with Gasteiger partial charge < -0.3 is 9.15 Å². The second kappa shape index (κ2) is 11.4. The van der Waals surface area contributed by atoms with Crippen LogP contribution in [0.2, 0.25) is 0 Å². The van der Waals surface area contributed by atoms with E-state index in [0.717, 1.165) is 21.8 Å². The number of carbonyl (C=O) groups is 1. The van der Waals surface area contributed by atoms with Gasteiger partial charge in [-0.1, -0.05) is 47.7 Å². The van der Waals surface area contributed by atoms with Crippen molar-refractivity contribution in [2.24, 2.45) is 4.99 Å². The van der Waals surface area contributed by atoms with Crippen LogP contribution in [0.5, 0.6) is 0 Å². The molecule has 0 bridgehead atoms. The minimum atomic E-state index is -0.674. The summed E-state index contributed by atoms with van der Waals surface area (Å²) in [6, 6.07) is 18.2. The van der Waals surface area contributed by atoms with Crippen molar-refractivity contribution in [1.82, 2.24) is 14.5 Å². The molecule has 1 aliphatic heterocycles. The van der Waals surface area contributed by atoms with Crippen molar-refractivity contribution in [2.45, 2.75) is 37.1 Å². The number of furan rings is 1. The Morgan fingerprint density at radius 2 is 1.88 bits per heavy atom. The van der Waals surface area contributed by atoms with Gasteiger partial charge in [-0.05, 0) is 62.2 Å². The monoisotopic (exact) mass is 600 g/mol. The van der Waals surface area contributed by atoms with E-state index in [4.69, 9.17) is 14.1 Å². The normalized spacial score (nSPS) is 15.1. The van der Waals surface area contributed by atoms with Crippen molar-refractivity contribution in [1.29, 1.82) is 0 Å². The molecule has 5 aromatic rings. The lowest BCUT2D eigenvalue weighted by Gasteiger charge is -2.24. The van der Waals surface area contributed by atoms with E-state index in [1.54, 1.807) is 23.6 Å². The van der Waals surface area contributed by atoms with Crippen LogP contribution in [0.1, 0.15) is 40.6 Å². The Hall–Kier alpha value is -4.06. The third kappa shape index (κ3) is 5.48. The van der Waals surface area contributed by atoms with Crippen molar-refractivity contribution >= 4 is 52.2 Å². The standard InChI is InChI=1S/C30H24N4O4S3/c1-4-37-28(36)24-25(19-9-6-5-7-10-19)33-30-34(26(24)21-11-8-14-39-21)27(35)22(40-30)16-20-12-13-23(38-20)41-29-31-17(2)15-18(3)32-29/h5-16,26H,4H2,1-3H3/b22-16+/t26-/m0/s1. The summed E-state index contributed by atoms with van der Waals surface area (Å²) in [5, 5.41) is 3.14. The summed E-state index contributed by atoms with van der Waals surface area (Å²) >= 11 is 4.05. The van der Waals surface area contributed by atoms with Crippen molar-refractivity contribution in [2.75, 3.05) is 6.61 Å². The van der Waals surface area contributed by atoms with Crippen LogP contribution in [-0.4, -0.2) is 27.1 Å². The number of esters is 1. The van der Waals surface area contributed by atoms with Gasteiger partial charge in [0.2, 0.25) is 0 Å². The lowest BCUT2D eigenvalue weighted by molar-refractivity contribution is -0.138. The summed E-state index contributed by atoms with van der Waals surface area (Å²) in [5.41, 5.74) is 3.11. The topological polar surface area (TPSA) is 99.6 Å². The Morgan fingerprint density at radius 3 is 2.59 bits per heavy atom. The molecule has 1 aromatic carbocycles. The van der Waals surface area contributed by atoms with Crippen LogP contribution in [0.25, 0.3) is 11.8 Å². The van der Waals surface area contributed by atoms with E-state index < -0.39 is 12.0 Å². The first kappa shape index (κ1) is 27.1. The summed E-state index contributed by atoms with van der Waals surface area (Å²) in [5.74, 6) is 0.0202. The number of nitrogens with zero attached hydrogens (tertiary/aromatic N) is 4. The van der Waals surface area contributed by atoms with Gasteiger partial charge in [-0.2, -0.15) is 0 Å². The average molecular weight is 601 g/mol. The number of rotatable bonds is 7. The molecule has 5 heterocycles. The van der Waals surface area contributed by atoms with Crippen LogP contribution in [0.15, 0.2) is 96.1 Å². The van der Waals surface area contributed by atoms with E-state index in [1.165, 1.54) is 34.4 Å². The van der Waals surface area contributed by atoms with E-state index in [2.05, 4.69) is 9.97 Å². The van der Waals surface area contributed by atoms with Crippen molar-refractivity contribution < 1.29 is 13.9 Å². The van der Waals surface area contributed by atoms with Crippen molar-refractivity contribution in [3.63, 3.8) is 0 Å². The first-order chi connectivity index (χ1) is 19.9. The van der Waals surface area contributed by atoms with Crippen LogP contribution in [0.4, 0.5) is 0 Å². The maximum atomic E-state index is 13.9. The van der Waals surface area contributed by atoms with Crippen molar-refractivity contribution in [3.8, 4) is 0 Å². The quantitative estimate of drug-likeness (QED) is 0.188. The molecular formula is C30H24N4O4S3. The van der Waals surface area contributed by atoms with E-state index >= 15 is 0 Å². The molecule has 0 saturated carbocycles. The predicted molar refractivity (Wildman–Crippen MR) is 160 cm³/mol. The number of aryl methyl sites for hydroxylation is 2. The first-order valence-corrected chi connectivity index (χ1v) is 15.3. The Labute approximate surface area is 247 Å². The molecule has 4 aromatic heterocycles. The molecule has 206 valence electrons. The van der Waals surface area contributed by atoms with Crippen molar-refractivity contribution in [3.05, 3.63) is 119 Å². The van der Waals surface area contributed by atoms with Crippen LogP contribution >= 0.6 is 34.4 Å². The lowest BCUT2D eigenvalue weighted by Crippen LogP contribution is -2.39. The van der Waals surface area contributed by atoms with Gasteiger partial charge in [0.05, 0.1) is 22.4 Å². The minimum Gasteiger partial charge on any atom is -0.463 e. The summed E-state index contributed by atoms with van der Waals surface area (Å²) < 4.78 is 13.5. The SMILES string of the molecule is CCOC(=O)C1=C(c2ccccc2)N=c2s/c(=C/c3ccc(Sc4nc(C)cc(C)n4)o3)c(=O)n2[C@H]1c1cccs1. The molecule has 1 aliphatic rings. The number of benzene rings is 1. The zero-order valence-corrected chi connectivity index (χ0v) is 24.8. The average Bonchev–Trinajstić information content (AvgIpc) is 3.70. The summed E-state index contributed by atoms with van der Waals surface area (Å²) in [7, 11) is 0. The highest BCUT2D eigenvalue weighted by molar-refractivity contribution is 7.99. The Kier molecular flexibility index (Phi) is 7.57. The number of fused-ring (bicyclic) bond motifs is 1. The molecule has 6 rings (SSSR count). The largest absolute Gasteiger partial charge is 0.463 e. The summed E-state index contributed by atoms with van der Waals surface area (Å²) in [6.07, 6.45) is 1.71. The number of aromatic nitrogens is 3.